The summed E-state index contributed by atoms with van der Waals surface area (Å²) in [6.45, 7) is 4.89. The van der Waals surface area contributed by atoms with Crippen LogP contribution in [-0.4, -0.2) is 44.2 Å². The smallest absolute Gasteiger partial charge is 0.257 e. The minimum absolute atomic E-state index is 0.00400. The molecule has 0 saturated carbocycles. The number of aromatic nitrogens is 4. The third-order valence-electron chi connectivity index (χ3n) is 4.89. The maximum atomic E-state index is 13.0. The van der Waals surface area contributed by atoms with Crippen LogP contribution in [0.5, 0.6) is 0 Å². The van der Waals surface area contributed by atoms with Gasteiger partial charge in [-0.1, -0.05) is 35.5 Å². The van der Waals surface area contributed by atoms with E-state index >= 15 is 0 Å². The normalized spacial score (nSPS) is 20.2. The molecule has 7 nitrogen and oxygen atoms in total. The molecule has 25 heavy (non-hydrogen) atoms. The van der Waals surface area contributed by atoms with Crippen LogP contribution in [0.1, 0.15) is 45.0 Å². The van der Waals surface area contributed by atoms with E-state index < -0.39 is 0 Å². The van der Waals surface area contributed by atoms with Crippen molar-refractivity contribution in [3.8, 4) is 0 Å². The van der Waals surface area contributed by atoms with E-state index in [-0.39, 0.29) is 17.7 Å². The van der Waals surface area contributed by atoms with Crippen LogP contribution in [0, 0.1) is 13.8 Å². The summed E-state index contributed by atoms with van der Waals surface area (Å²) in [7, 11) is 0. The van der Waals surface area contributed by atoms with Gasteiger partial charge in [-0.3, -0.25) is 9.89 Å². The van der Waals surface area contributed by atoms with Crippen molar-refractivity contribution in [2.75, 3.05) is 13.1 Å². The van der Waals surface area contributed by atoms with E-state index in [9.17, 15) is 4.79 Å². The second kappa shape index (κ2) is 6.16. The minimum atomic E-state index is -0.00400. The van der Waals surface area contributed by atoms with Crippen LogP contribution in [-0.2, 0) is 0 Å². The molecule has 0 aliphatic carbocycles. The Balaban J connectivity index is 1.67. The highest BCUT2D eigenvalue weighted by Gasteiger charge is 2.40. The third kappa shape index (κ3) is 2.71. The first-order valence-corrected chi connectivity index (χ1v) is 8.27. The quantitative estimate of drug-likeness (QED) is 0.793. The van der Waals surface area contributed by atoms with E-state index in [1.807, 2.05) is 36.9 Å². The SMILES string of the molecule is Cc1n[nH]c(C)c1C(=O)N1C[C@H](c2ccccc2)[C@H](c2ncon2)C1. The Morgan fingerprint density at radius 2 is 1.96 bits per heavy atom. The molecule has 0 radical (unpaired) electrons. The molecule has 0 spiro atoms. The molecule has 1 saturated heterocycles. The summed E-state index contributed by atoms with van der Waals surface area (Å²) >= 11 is 0. The van der Waals surface area contributed by atoms with E-state index in [1.165, 1.54) is 12.0 Å². The number of carbonyl (C=O) groups is 1. The summed E-state index contributed by atoms with van der Waals surface area (Å²) in [5.74, 6) is 0.786. The number of nitrogens with one attached hydrogen (secondary N) is 1. The summed E-state index contributed by atoms with van der Waals surface area (Å²) in [5, 5.41) is 11.1. The van der Waals surface area contributed by atoms with E-state index in [0.29, 0.717) is 24.5 Å². The lowest BCUT2D eigenvalue weighted by atomic mass is 9.88. The Morgan fingerprint density at radius 1 is 1.20 bits per heavy atom. The Bertz CT molecular complexity index is 853. The molecule has 0 unspecified atom stereocenters. The average Bonchev–Trinajstić information content (AvgIpc) is 3.35. The topological polar surface area (TPSA) is 87.9 Å². The molecule has 1 fully saturated rings. The molecule has 128 valence electrons. The number of rotatable bonds is 3. The van der Waals surface area contributed by atoms with Crippen molar-refractivity contribution in [1.82, 2.24) is 25.2 Å². The summed E-state index contributed by atoms with van der Waals surface area (Å²) < 4.78 is 4.94. The summed E-state index contributed by atoms with van der Waals surface area (Å²) in [6.07, 6.45) is 1.34. The molecule has 7 heteroatoms. The molecule has 0 bridgehead atoms. The predicted molar refractivity (Wildman–Crippen MR) is 90.2 cm³/mol. The van der Waals surface area contributed by atoms with Crippen molar-refractivity contribution >= 4 is 5.91 Å². The van der Waals surface area contributed by atoms with Crippen LogP contribution in [0.4, 0.5) is 0 Å². The number of H-pyrrole nitrogens is 1. The van der Waals surface area contributed by atoms with Gasteiger partial charge in [-0.15, -0.1) is 0 Å². The third-order valence-corrected chi connectivity index (χ3v) is 4.89. The number of aryl methyl sites for hydroxylation is 2. The largest absolute Gasteiger partial charge is 0.343 e. The number of nitrogens with zero attached hydrogens (tertiary/aromatic N) is 4. The van der Waals surface area contributed by atoms with Crippen molar-refractivity contribution in [3.05, 3.63) is 65.1 Å². The summed E-state index contributed by atoms with van der Waals surface area (Å²) in [6, 6.07) is 10.2. The Labute approximate surface area is 145 Å². The Morgan fingerprint density at radius 3 is 2.60 bits per heavy atom. The van der Waals surface area contributed by atoms with E-state index in [2.05, 4.69) is 32.5 Å². The van der Waals surface area contributed by atoms with Gasteiger partial charge in [0.15, 0.2) is 5.82 Å². The fourth-order valence-corrected chi connectivity index (χ4v) is 3.64. The second-order valence-corrected chi connectivity index (χ2v) is 6.43. The van der Waals surface area contributed by atoms with Crippen molar-refractivity contribution in [2.45, 2.75) is 25.7 Å². The molecule has 1 amide bonds. The Kier molecular flexibility index (Phi) is 3.83. The lowest BCUT2D eigenvalue weighted by molar-refractivity contribution is 0.0787. The molecule has 1 aliphatic heterocycles. The van der Waals surface area contributed by atoms with Crippen LogP contribution in [0.25, 0.3) is 0 Å². The van der Waals surface area contributed by atoms with E-state index in [0.717, 1.165) is 11.4 Å². The van der Waals surface area contributed by atoms with Crippen LogP contribution in [0.15, 0.2) is 41.2 Å². The van der Waals surface area contributed by atoms with Gasteiger partial charge in [0, 0.05) is 30.6 Å². The zero-order chi connectivity index (χ0) is 17.4. The van der Waals surface area contributed by atoms with E-state index in [4.69, 9.17) is 4.52 Å². The maximum Gasteiger partial charge on any atom is 0.257 e. The van der Waals surface area contributed by atoms with Gasteiger partial charge in [-0.25, -0.2) is 0 Å². The number of amides is 1. The molecule has 1 N–H and O–H groups in total. The molecular weight excluding hydrogens is 318 g/mol. The van der Waals surface area contributed by atoms with Gasteiger partial charge >= 0.3 is 0 Å². The first kappa shape index (κ1) is 15.6. The molecule has 1 aliphatic rings. The van der Waals surface area contributed by atoms with Gasteiger partial charge in [0.05, 0.1) is 11.3 Å². The van der Waals surface area contributed by atoms with Crippen LogP contribution in [0.2, 0.25) is 0 Å². The number of aromatic amines is 1. The lowest BCUT2D eigenvalue weighted by Crippen LogP contribution is -2.29. The first-order chi connectivity index (χ1) is 12.1. The highest BCUT2D eigenvalue weighted by molar-refractivity contribution is 5.96. The van der Waals surface area contributed by atoms with Crippen LogP contribution in [0.3, 0.4) is 0 Å². The fraction of sp³-hybridized carbons (Fsp3) is 0.333. The summed E-state index contributed by atoms with van der Waals surface area (Å²) in [4.78, 5) is 19.1. The lowest BCUT2D eigenvalue weighted by Gasteiger charge is -2.16. The Hall–Kier alpha value is -2.96. The van der Waals surface area contributed by atoms with Gasteiger partial charge in [0.25, 0.3) is 5.91 Å². The monoisotopic (exact) mass is 337 g/mol. The minimum Gasteiger partial charge on any atom is -0.343 e. The predicted octanol–water partition coefficient (Wildman–Crippen LogP) is 2.43. The molecule has 1 aromatic carbocycles. The van der Waals surface area contributed by atoms with Gasteiger partial charge in [-0.2, -0.15) is 10.1 Å². The molecule has 2 aromatic heterocycles. The van der Waals surface area contributed by atoms with Crippen molar-refractivity contribution in [3.63, 3.8) is 0 Å². The number of hydrogen-bond acceptors (Lipinski definition) is 5. The van der Waals surface area contributed by atoms with Gasteiger partial charge < -0.3 is 9.42 Å². The number of likely N-dealkylation sites (tertiary alicyclic amines) is 1. The van der Waals surface area contributed by atoms with Crippen molar-refractivity contribution in [1.29, 1.82) is 0 Å². The number of carbonyl (C=O) groups excluding carboxylic acids is 1. The highest BCUT2D eigenvalue weighted by atomic mass is 16.5. The van der Waals surface area contributed by atoms with Crippen molar-refractivity contribution < 1.29 is 9.32 Å². The van der Waals surface area contributed by atoms with Gasteiger partial charge in [-0.05, 0) is 19.4 Å². The standard InChI is InChI=1S/C18H19N5O2/c1-11-16(12(2)21-20-11)18(24)23-8-14(13-6-4-3-5-7-13)15(9-23)17-19-10-25-22-17/h3-7,10,14-15H,8-9H2,1-2H3,(H,20,21)/t14-,15-/m1/s1. The van der Waals surface area contributed by atoms with Crippen LogP contribution < -0.4 is 0 Å². The highest BCUT2D eigenvalue weighted by Crippen LogP contribution is 2.39. The molecule has 4 rings (SSSR count). The average molecular weight is 337 g/mol. The molecule has 3 aromatic rings. The first-order valence-electron chi connectivity index (χ1n) is 8.27. The van der Waals surface area contributed by atoms with E-state index in [1.54, 1.807) is 0 Å². The summed E-state index contributed by atoms with van der Waals surface area (Å²) in [5.41, 5.74) is 3.34. The second-order valence-electron chi connectivity index (χ2n) is 6.43. The molecule has 2 atom stereocenters. The number of hydrogen-bond donors (Lipinski definition) is 1. The zero-order valence-electron chi connectivity index (χ0n) is 14.1. The van der Waals surface area contributed by atoms with Gasteiger partial charge in [0.1, 0.15) is 0 Å². The zero-order valence-corrected chi connectivity index (χ0v) is 14.1. The number of benzene rings is 1. The van der Waals surface area contributed by atoms with Crippen LogP contribution >= 0.6 is 0 Å². The maximum absolute atomic E-state index is 13.0. The molecular formula is C18H19N5O2. The fourth-order valence-electron chi connectivity index (χ4n) is 3.64. The molecule has 3 heterocycles. The van der Waals surface area contributed by atoms with Gasteiger partial charge in [0.2, 0.25) is 6.39 Å². The van der Waals surface area contributed by atoms with Crippen molar-refractivity contribution in [2.24, 2.45) is 0 Å².